The Balaban J connectivity index is 1.55. The molecule has 3 aromatic rings. The number of halogens is 4. The van der Waals surface area contributed by atoms with Gasteiger partial charge in [-0.15, -0.1) is 0 Å². The fourth-order valence-electron chi connectivity index (χ4n) is 5.32. The summed E-state index contributed by atoms with van der Waals surface area (Å²) < 4.78 is 63.5. The van der Waals surface area contributed by atoms with E-state index in [0.29, 0.717) is 50.2 Å². The summed E-state index contributed by atoms with van der Waals surface area (Å²) in [6, 6.07) is 10.6. The number of aryl methyl sites for hydroxylation is 1. The van der Waals surface area contributed by atoms with Crippen LogP contribution < -0.4 is 20.7 Å². The molecular weight excluding hydrogens is 554 g/mol. The second kappa shape index (κ2) is 11.8. The number of carbonyl (C=O) groups is 1. The van der Waals surface area contributed by atoms with Crippen molar-refractivity contribution in [2.45, 2.75) is 19.1 Å². The molecule has 0 aliphatic carbocycles. The zero-order valence-corrected chi connectivity index (χ0v) is 23.7. The summed E-state index contributed by atoms with van der Waals surface area (Å²) in [5.74, 6) is -1.58. The highest BCUT2D eigenvalue weighted by atomic mass is 19.4. The Morgan fingerprint density at radius 3 is 2.31 bits per heavy atom. The molecule has 1 atom stereocenters. The Bertz CT molecular complexity index is 1520. The lowest BCUT2D eigenvalue weighted by molar-refractivity contribution is -0.138. The molecule has 0 spiro atoms. The zero-order chi connectivity index (χ0) is 30.2. The number of morpholine rings is 1. The fourth-order valence-corrected chi connectivity index (χ4v) is 5.32. The number of benzene rings is 2. The van der Waals surface area contributed by atoms with Gasteiger partial charge in [0.1, 0.15) is 5.82 Å². The third-order valence-electron chi connectivity index (χ3n) is 7.97. The number of alkyl halides is 3. The molecule has 42 heavy (non-hydrogen) atoms. The first-order chi connectivity index (χ1) is 19.9. The molecule has 12 heteroatoms. The van der Waals surface area contributed by atoms with Gasteiger partial charge in [0.25, 0.3) is 11.5 Å². The van der Waals surface area contributed by atoms with Crippen LogP contribution in [0.25, 0.3) is 11.1 Å². The van der Waals surface area contributed by atoms with Gasteiger partial charge in [-0.1, -0.05) is 12.1 Å². The van der Waals surface area contributed by atoms with Crippen LogP contribution >= 0.6 is 0 Å². The van der Waals surface area contributed by atoms with Crippen LogP contribution in [0.2, 0.25) is 0 Å². The summed E-state index contributed by atoms with van der Waals surface area (Å²) in [7, 11) is 3.25. The van der Waals surface area contributed by atoms with Gasteiger partial charge in [-0.2, -0.15) is 13.2 Å². The smallest absolute Gasteiger partial charge is 0.378 e. The van der Waals surface area contributed by atoms with Crippen molar-refractivity contribution in [2.75, 3.05) is 68.1 Å². The van der Waals surface area contributed by atoms with Crippen molar-refractivity contribution in [1.82, 2.24) is 9.47 Å². The van der Waals surface area contributed by atoms with E-state index < -0.39 is 34.6 Å². The Kier molecular flexibility index (Phi) is 8.29. The van der Waals surface area contributed by atoms with Crippen LogP contribution in [0.1, 0.15) is 22.8 Å². The summed E-state index contributed by atoms with van der Waals surface area (Å²) >= 11 is 0. The summed E-state index contributed by atoms with van der Waals surface area (Å²) in [5.41, 5.74) is -0.677. The van der Waals surface area contributed by atoms with Crippen molar-refractivity contribution in [3.8, 4) is 11.1 Å². The Morgan fingerprint density at radius 2 is 1.67 bits per heavy atom. The van der Waals surface area contributed by atoms with Crippen molar-refractivity contribution in [3.63, 3.8) is 0 Å². The predicted octanol–water partition coefficient (Wildman–Crippen LogP) is 4.44. The van der Waals surface area contributed by atoms with E-state index in [-0.39, 0.29) is 17.3 Å². The van der Waals surface area contributed by atoms with Crippen LogP contribution in [0.4, 0.5) is 34.6 Å². The van der Waals surface area contributed by atoms with Gasteiger partial charge >= 0.3 is 6.18 Å². The highest BCUT2D eigenvalue weighted by molar-refractivity contribution is 6.07. The third-order valence-corrected chi connectivity index (χ3v) is 7.97. The average Bonchev–Trinajstić information content (AvgIpc) is 2.96. The first-order valence-corrected chi connectivity index (χ1v) is 13.7. The van der Waals surface area contributed by atoms with E-state index in [1.807, 2.05) is 31.0 Å². The third kappa shape index (κ3) is 6.14. The van der Waals surface area contributed by atoms with Gasteiger partial charge in [0.2, 0.25) is 0 Å². The monoisotopic (exact) mass is 587 g/mol. The number of nitrogens with one attached hydrogen (secondary N) is 1. The number of pyridine rings is 1. The molecule has 1 unspecified atom stereocenters. The Labute approximate surface area is 241 Å². The molecule has 2 aromatic carbocycles. The van der Waals surface area contributed by atoms with Crippen molar-refractivity contribution in [1.29, 1.82) is 0 Å². The molecule has 1 aromatic heterocycles. The van der Waals surface area contributed by atoms with E-state index in [0.717, 1.165) is 29.5 Å². The van der Waals surface area contributed by atoms with Crippen LogP contribution in [-0.2, 0) is 18.0 Å². The van der Waals surface area contributed by atoms with Gasteiger partial charge in [-0.3, -0.25) is 9.59 Å². The predicted molar refractivity (Wildman–Crippen MR) is 154 cm³/mol. The number of amides is 1. The molecular formula is C30H33F4N5O3. The number of carbonyl (C=O) groups excluding carboxylic acids is 1. The standard InChI is InChI=1S/C30H33F4N5O3/c1-19-17-39(9-8-36(19)2)27-16-25(31)22(20-4-6-21(7-5-20)38-10-12-42-13-11-38)14-26(27)35-29(41)23-18-37(3)28(40)15-24(23)30(32,33)34/h4-7,14-16,18-19H,8-13,17H2,1-3H3,(H,35,41). The van der Waals surface area contributed by atoms with E-state index in [9.17, 15) is 22.8 Å². The molecule has 0 saturated carbocycles. The van der Waals surface area contributed by atoms with Gasteiger partial charge in [-0.05, 0) is 43.8 Å². The number of hydrogen-bond acceptors (Lipinski definition) is 6. The molecule has 2 aliphatic rings. The van der Waals surface area contributed by atoms with E-state index >= 15 is 4.39 Å². The van der Waals surface area contributed by atoms with Crippen LogP contribution in [0.15, 0.2) is 53.5 Å². The number of ether oxygens (including phenoxy) is 1. The normalized spacial score (nSPS) is 18.3. The molecule has 2 aliphatic heterocycles. The molecule has 8 nitrogen and oxygen atoms in total. The lowest BCUT2D eigenvalue weighted by atomic mass is 10.0. The molecule has 1 N–H and O–H groups in total. The van der Waals surface area contributed by atoms with Crippen LogP contribution in [-0.4, -0.2) is 74.4 Å². The van der Waals surface area contributed by atoms with Gasteiger partial charge in [0, 0.05) is 69.3 Å². The van der Waals surface area contributed by atoms with Crippen molar-refractivity contribution in [2.24, 2.45) is 7.05 Å². The number of rotatable bonds is 5. The fraction of sp³-hybridized carbons (Fsp3) is 0.400. The molecule has 1 amide bonds. The van der Waals surface area contributed by atoms with Gasteiger partial charge in [0.15, 0.2) is 0 Å². The minimum Gasteiger partial charge on any atom is -0.378 e. The van der Waals surface area contributed by atoms with Gasteiger partial charge in [-0.25, -0.2) is 4.39 Å². The van der Waals surface area contributed by atoms with E-state index in [1.165, 1.54) is 19.2 Å². The molecule has 5 rings (SSSR count). The van der Waals surface area contributed by atoms with Crippen molar-refractivity contribution >= 4 is 23.0 Å². The number of piperazine rings is 1. The first-order valence-electron chi connectivity index (χ1n) is 13.7. The first kappa shape index (κ1) is 29.6. The van der Waals surface area contributed by atoms with E-state index in [2.05, 4.69) is 15.1 Å². The molecule has 224 valence electrons. The van der Waals surface area contributed by atoms with Crippen molar-refractivity contribution in [3.05, 3.63) is 76.0 Å². The molecule has 2 saturated heterocycles. The maximum Gasteiger partial charge on any atom is 0.417 e. The summed E-state index contributed by atoms with van der Waals surface area (Å²) in [5, 5.41) is 2.61. The Hall–Kier alpha value is -3.90. The van der Waals surface area contributed by atoms with Gasteiger partial charge in [0.05, 0.1) is 35.7 Å². The van der Waals surface area contributed by atoms with E-state index in [4.69, 9.17) is 4.74 Å². The summed E-state index contributed by atoms with van der Waals surface area (Å²) in [6.45, 7) is 6.49. The average molecular weight is 588 g/mol. The van der Waals surface area contributed by atoms with Crippen LogP contribution in [0.5, 0.6) is 0 Å². The number of aromatic nitrogens is 1. The number of nitrogens with zero attached hydrogens (tertiary/aromatic N) is 4. The molecule has 3 heterocycles. The minimum atomic E-state index is -4.92. The second-order valence-corrected chi connectivity index (χ2v) is 10.8. The number of hydrogen-bond donors (Lipinski definition) is 1. The largest absolute Gasteiger partial charge is 0.417 e. The number of likely N-dealkylation sites (N-methyl/N-ethyl adjacent to an activating group) is 1. The molecule has 0 radical (unpaired) electrons. The quantitative estimate of drug-likeness (QED) is 0.446. The highest BCUT2D eigenvalue weighted by Gasteiger charge is 2.36. The van der Waals surface area contributed by atoms with Crippen LogP contribution in [0, 0.1) is 5.82 Å². The van der Waals surface area contributed by atoms with Gasteiger partial charge < -0.3 is 29.3 Å². The summed E-state index contributed by atoms with van der Waals surface area (Å²) in [4.78, 5) is 31.6. The second-order valence-electron chi connectivity index (χ2n) is 10.8. The summed E-state index contributed by atoms with van der Waals surface area (Å²) in [6.07, 6.45) is -4.06. The minimum absolute atomic E-state index is 0.123. The maximum absolute atomic E-state index is 15.7. The maximum atomic E-state index is 15.7. The topological polar surface area (TPSA) is 70.0 Å². The van der Waals surface area contributed by atoms with Crippen molar-refractivity contribution < 1.29 is 27.1 Å². The lowest BCUT2D eigenvalue weighted by Crippen LogP contribution is -2.50. The lowest BCUT2D eigenvalue weighted by Gasteiger charge is -2.39. The Morgan fingerprint density at radius 1 is 0.976 bits per heavy atom. The van der Waals surface area contributed by atoms with Crippen LogP contribution in [0.3, 0.4) is 0 Å². The molecule has 2 fully saturated rings. The zero-order valence-electron chi connectivity index (χ0n) is 23.7. The van der Waals surface area contributed by atoms with E-state index in [1.54, 1.807) is 12.1 Å². The number of anilines is 3. The molecule has 0 bridgehead atoms. The SMILES string of the molecule is CC1CN(c2cc(F)c(-c3ccc(N4CCOCC4)cc3)cc2NC(=O)c2cn(C)c(=O)cc2C(F)(F)F)CCN1C. The highest BCUT2D eigenvalue weighted by Crippen LogP contribution is 2.37.